The van der Waals surface area contributed by atoms with Crippen LogP contribution in [-0.4, -0.2) is 14.5 Å². The number of aromatic nitrogens is 3. The first-order valence-corrected chi connectivity index (χ1v) is 23.1. The molecule has 0 aliphatic carbocycles. The van der Waals surface area contributed by atoms with Gasteiger partial charge in [-0.2, -0.15) is 0 Å². The summed E-state index contributed by atoms with van der Waals surface area (Å²) >= 11 is 0. The number of rotatable bonds is 6. The molecule has 4 heteroatoms. The van der Waals surface area contributed by atoms with E-state index in [1.807, 2.05) is 36.4 Å². The van der Waals surface area contributed by atoms with E-state index in [-0.39, 0.29) is 0 Å². The van der Waals surface area contributed by atoms with Crippen molar-refractivity contribution in [2.75, 3.05) is 0 Å². The maximum atomic E-state index is 6.28. The van der Waals surface area contributed by atoms with Crippen molar-refractivity contribution in [1.82, 2.24) is 14.5 Å². The summed E-state index contributed by atoms with van der Waals surface area (Å²) in [6.45, 7) is 0. The number of fused-ring (bicyclic) bond motifs is 11. The van der Waals surface area contributed by atoms with E-state index in [0.717, 1.165) is 88.9 Å². The monoisotopic (exact) mass is 865 g/mol. The molecule has 0 radical (unpaired) electrons. The van der Waals surface area contributed by atoms with Crippen molar-refractivity contribution < 1.29 is 4.42 Å². The maximum absolute atomic E-state index is 6.28. The van der Waals surface area contributed by atoms with Gasteiger partial charge in [-0.15, -0.1) is 0 Å². The molecule has 0 aliphatic rings. The highest BCUT2D eigenvalue weighted by atomic mass is 16.3. The molecule has 3 heterocycles. The Morgan fingerprint density at radius 2 is 0.868 bits per heavy atom. The Morgan fingerprint density at radius 1 is 0.309 bits per heavy atom. The molecule has 316 valence electrons. The van der Waals surface area contributed by atoms with Crippen molar-refractivity contribution in [1.29, 1.82) is 0 Å². The van der Waals surface area contributed by atoms with Gasteiger partial charge in [0.25, 0.3) is 0 Å². The normalized spacial score (nSPS) is 11.8. The van der Waals surface area contributed by atoms with Crippen LogP contribution in [0, 0.1) is 0 Å². The summed E-state index contributed by atoms with van der Waals surface area (Å²) in [5.74, 6) is 0. The molecular formula is C64H39N3O. The molecule has 0 N–H and O–H groups in total. The van der Waals surface area contributed by atoms with Crippen LogP contribution in [0.4, 0.5) is 0 Å². The van der Waals surface area contributed by atoms with Gasteiger partial charge in [0.05, 0.1) is 33.5 Å². The lowest BCUT2D eigenvalue weighted by Gasteiger charge is -2.14. The van der Waals surface area contributed by atoms with Crippen molar-refractivity contribution in [3.63, 3.8) is 0 Å². The van der Waals surface area contributed by atoms with Crippen LogP contribution in [0.2, 0.25) is 0 Å². The Labute approximate surface area is 391 Å². The second-order valence-corrected chi connectivity index (χ2v) is 17.7. The van der Waals surface area contributed by atoms with E-state index < -0.39 is 0 Å². The van der Waals surface area contributed by atoms with Crippen LogP contribution in [0.15, 0.2) is 241 Å². The molecule has 14 aromatic rings. The maximum Gasteiger partial charge on any atom is 0.135 e. The quantitative estimate of drug-likeness (QED) is 0.167. The molecule has 0 atom stereocenters. The number of hydrogen-bond donors (Lipinski definition) is 0. The van der Waals surface area contributed by atoms with Crippen LogP contribution < -0.4 is 0 Å². The molecule has 3 aromatic heterocycles. The topological polar surface area (TPSA) is 43.9 Å². The number of para-hydroxylation sites is 3. The van der Waals surface area contributed by atoms with Crippen LogP contribution in [0.1, 0.15) is 0 Å². The van der Waals surface area contributed by atoms with E-state index in [9.17, 15) is 0 Å². The van der Waals surface area contributed by atoms with Crippen LogP contribution in [0.3, 0.4) is 0 Å². The zero-order valence-corrected chi connectivity index (χ0v) is 36.8. The smallest absolute Gasteiger partial charge is 0.135 e. The van der Waals surface area contributed by atoms with Gasteiger partial charge in [0.1, 0.15) is 11.2 Å². The van der Waals surface area contributed by atoms with Gasteiger partial charge in [0, 0.05) is 38.4 Å². The van der Waals surface area contributed by atoms with Crippen LogP contribution in [0.25, 0.3) is 138 Å². The highest BCUT2D eigenvalue weighted by Crippen LogP contribution is 2.45. The van der Waals surface area contributed by atoms with Gasteiger partial charge >= 0.3 is 0 Å². The Morgan fingerprint density at radius 3 is 1.66 bits per heavy atom. The molecule has 4 nitrogen and oxygen atoms in total. The summed E-state index contributed by atoms with van der Waals surface area (Å²) in [6.07, 6.45) is 0. The minimum atomic E-state index is 0.843. The zero-order chi connectivity index (χ0) is 44.7. The minimum Gasteiger partial charge on any atom is -0.456 e. The highest BCUT2D eigenvalue weighted by molar-refractivity contribution is 6.30. The van der Waals surface area contributed by atoms with Crippen molar-refractivity contribution >= 4 is 76.3 Å². The van der Waals surface area contributed by atoms with Crippen molar-refractivity contribution in [3.8, 4) is 61.6 Å². The summed E-state index contributed by atoms with van der Waals surface area (Å²) < 4.78 is 8.73. The lowest BCUT2D eigenvalue weighted by molar-refractivity contribution is 0.669. The van der Waals surface area contributed by atoms with Crippen molar-refractivity contribution in [2.24, 2.45) is 0 Å². The summed E-state index contributed by atoms with van der Waals surface area (Å²) in [5.41, 5.74) is 17.6. The predicted octanol–water partition coefficient (Wildman–Crippen LogP) is 17.3. The molecule has 0 amide bonds. The van der Waals surface area contributed by atoms with Crippen molar-refractivity contribution in [2.45, 2.75) is 0 Å². The predicted molar refractivity (Wildman–Crippen MR) is 283 cm³/mol. The third-order valence-corrected chi connectivity index (χ3v) is 13.8. The number of furan rings is 1. The van der Waals surface area contributed by atoms with E-state index in [0.29, 0.717) is 0 Å². The first kappa shape index (κ1) is 38.2. The largest absolute Gasteiger partial charge is 0.456 e. The molecule has 14 rings (SSSR count). The Balaban J connectivity index is 0.942. The number of hydrogen-bond acceptors (Lipinski definition) is 3. The van der Waals surface area contributed by atoms with Crippen LogP contribution in [-0.2, 0) is 0 Å². The standard InChI is InChI=1S/C64H39N3O/c1-2-13-40(14-3-1)41-25-27-42(28-26-41)45-16-12-17-47(37-45)64-63(65-55-22-9-10-23-56(55)66-64)44-29-33-48(34-30-44)67-57-35-31-43-15-4-5-18-49(43)61(57)62-52-21-7-6-19-50(52)53(39-58(62)67)46-32-36-60-54(38-46)51-20-8-11-24-59(51)68-60/h1-39H. The SMILES string of the molecule is c1ccc(-c2ccc(-c3cccc(-c4nc5ccccc5nc4-c4ccc(-n5c6ccc7ccccc7c6c6c7ccccc7c(-c7ccc8oc9ccccc9c8c7)cc65)cc4)c3)cc2)cc1. The summed E-state index contributed by atoms with van der Waals surface area (Å²) in [6, 6.07) is 84.6. The minimum absolute atomic E-state index is 0.843. The average molecular weight is 866 g/mol. The molecule has 0 fully saturated rings. The fourth-order valence-electron chi connectivity index (χ4n) is 10.6. The Bertz CT molecular complexity index is 4300. The third-order valence-electron chi connectivity index (χ3n) is 13.8. The van der Waals surface area contributed by atoms with Gasteiger partial charge < -0.3 is 8.98 Å². The first-order valence-electron chi connectivity index (χ1n) is 23.1. The highest BCUT2D eigenvalue weighted by Gasteiger charge is 2.21. The first-order chi connectivity index (χ1) is 33.7. The second kappa shape index (κ2) is 15.2. The lowest BCUT2D eigenvalue weighted by Crippen LogP contribution is -1.97. The average Bonchev–Trinajstić information content (AvgIpc) is 3.96. The summed E-state index contributed by atoms with van der Waals surface area (Å²) in [5, 5.41) is 9.62. The molecule has 0 aliphatic heterocycles. The fourth-order valence-corrected chi connectivity index (χ4v) is 10.6. The van der Waals surface area contributed by atoms with Gasteiger partial charge in [-0.05, 0) is 116 Å². The molecule has 0 spiro atoms. The molecule has 11 aromatic carbocycles. The number of benzene rings is 11. The van der Waals surface area contributed by atoms with E-state index in [2.05, 4.69) is 205 Å². The number of nitrogens with zero attached hydrogens (tertiary/aromatic N) is 3. The Hall–Kier alpha value is -9.12. The van der Waals surface area contributed by atoms with Gasteiger partial charge in [-0.1, -0.05) is 176 Å². The van der Waals surface area contributed by atoms with Gasteiger partial charge in [-0.3, -0.25) is 0 Å². The molecular weight excluding hydrogens is 827 g/mol. The Kier molecular flexibility index (Phi) is 8.55. The molecule has 0 saturated carbocycles. The van der Waals surface area contributed by atoms with E-state index in [1.54, 1.807) is 0 Å². The molecule has 0 unspecified atom stereocenters. The van der Waals surface area contributed by atoms with E-state index >= 15 is 0 Å². The third kappa shape index (κ3) is 6.08. The van der Waals surface area contributed by atoms with Gasteiger partial charge in [0.15, 0.2) is 0 Å². The summed E-state index contributed by atoms with van der Waals surface area (Å²) in [4.78, 5) is 10.7. The fraction of sp³-hybridized carbons (Fsp3) is 0. The van der Waals surface area contributed by atoms with Gasteiger partial charge in [-0.25, -0.2) is 9.97 Å². The van der Waals surface area contributed by atoms with Crippen LogP contribution >= 0.6 is 0 Å². The molecule has 0 bridgehead atoms. The van der Waals surface area contributed by atoms with E-state index in [4.69, 9.17) is 14.4 Å². The van der Waals surface area contributed by atoms with Crippen LogP contribution in [0.5, 0.6) is 0 Å². The van der Waals surface area contributed by atoms with Crippen molar-refractivity contribution in [3.05, 3.63) is 237 Å². The van der Waals surface area contributed by atoms with Gasteiger partial charge in [0.2, 0.25) is 0 Å². The molecule has 68 heavy (non-hydrogen) atoms. The molecule has 0 saturated heterocycles. The second-order valence-electron chi connectivity index (χ2n) is 17.7. The summed E-state index contributed by atoms with van der Waals surface area (Å²) in [7, 11) is 0. The van der Waals surface area contributed by atoms with E-state index in [1.165, 1.54) is 49.0 Å². The zero-order valence-electron chi connectivity index (χ0n) is 36.8. The lowest BCUT2D eigenvalue weighted by atomic mass is 9.93.